The molecule has 0 aliphatic carbocycles. The van der Waals surface area contributed by atoms with Crippen LogP contribution in [-0.4, -0.2) is 19.5 Å². The first-order valence-electron chi connectivity index (χ1n) is 2.76. The van der Waals surface area contributed by atoms with Gasteiger partial charge in [-0.25, -0.2) is 18.4 Å². The maximum Gasteiger partial charge on any atom is 0.336 e. The molecule has 7 heteroatoms. The molecule has 0 aliphatic rings. The van der Waals surface area contributed by atoms with Crippen LogP contribution in [0.5, 0.6) is 0 Å². The number of sulfonamides is 1. The van der Waals surface area contributed by atoms with Crippen molar-refractivity contribution in [3.8, 4) is 0 Å². The lowest BCUT2D eigenvalue weighted by Gasteiger charge is -1.87. The van der Waals surface area contributed by atoms with Gasteiger partial charge in [-0.1, -0.05) is 0 Å². The highest BCUT2D eigenvalue weighted by Crippen LogP contribution is 2.18. The minimum Gasteiger partial charge on any atom is -0.478 e. The smallest absolute Gasteiger partial charge is 0.336 e. The van der Waals surface area contributed by atoms with Crippen LogP contribution in [-0.2, 0) is 10.0 Å². The minimum atomic E-state index is -3.76. The zero-order valence-electron chi connectivity index (χ0n) is 5.72. The van der Waals surface area contributed by atoms with E-state index >= 15 is 0 Å². The summed E-state index contributed by atoms with van der Waals surface area (Å²) >= 11 is 0.791. The maximum absolute atomic E-state index is 10.7. The second kappa shape index (κ2) is 2.85. The minimum absolute atomic E-state index is 0.0657. The molecule has 66 valence electrons. The molecular weight excluding hydrogens is 202 g/mol. The van der Waals surface area contributed by atoms with E-state index in [0.29, 0.717) is 0 Å². The van der Waals surface area contributed by atoms with Gasteiger partial charge in [-0.2, -0.15) is 0 Å². The molecule has 0 spiro atoms. The van der Waals surface area contributed by atoms with Crippen LogP contribution < -0.4 is 5.14 Å². The molecule has 0 aliphatic heterocycles. The second-order valence-electron chi connectivity index (χ2n) is 2.00. The Labute approximate surface area is 72.5 Å². The zero-order valence-corrected chi connectivity index (χ0v) is 7.35. The first-order chi connectivity index (χ1) is 5.41. The fourth-order valence-electron chi connectivity index (χ4n) is 0.578. The molecule has 0 radical (unpaired) electrons. The third-order valence-corrected chi connectivity index (χ3v) is 3.49. The Hall–Kier alpha value is -0.920. The van der Waals surface area contributed by atoms with Gasteiger partial charge in [0, 0.05) is 5.38 Å². The van der Waals surface area contributed by atoms with Crippen molar-refractivity contribution in [3.05, 3.63) is 17.0 Å². The number of rotatable bonds is 2. The molecule has 0 saturated carbocycles. The van der Waals surface area contributed by atoms with Crippen molar-refractivity contribution in [3.63, 3.8) is 0 Å². The van der Waals surface area contributed by atoms with Crippen molar-refractivity contribution in [1.29, 1.82) is 0 Å². The molecule has 0 unspecified atom stereocenters. The summed E-state index contributed by atoms with van der Waals surface area (Å²) < 4.78 is 21.2. The van der Waals surface area contributed by atoms with Crippen LogP contribution in [0.3, 0.4) is 0 Å². The van der Waals surface area contributed by atoms with Crippen molar-refractivity contribution in [2.45, 2.75) is 4.21 Å². The van der Waals surface area contributed by atoms with Crippen LogP contribution in [0, 0.1) is 0 Å². The highest BCUT2D eigenvalue weighted by atomic mass is 32.2. The molecule has 0 atom stereocenters. The van der Waals surface area contributed by atoms with Crippen molar-refractivity contribution in [2.24, 2.45) is 5.14 Å². The number of aromatic carboxylic acids is 1. The van der Waals surface area contributed by atoms with E-state index in [1.54, 1.807) is 0 Å². The van der Waals surface area contributed by atoms with Gasteiger partial charge < -0.3 is 5.11 Å². The first kappa shape index (κ1) is 9.17. The van der Waals surface area contributed by atoms with Crippen LogP contribution in [0.1, 0.15) is 10.4 Å². The molecule has 3 N–H and O–H groups in total. The lowest BCUT2D eigenvalue weighted by atomic mass is 10.4. The average Bonchev–Trinajstić information content (AvgIpc) is 2.30. The Balaban J connectivity index is 3.17. The van der Waals surface area contributed by atoms with Gasteiger partial charge in [0.15, 0.2) is 0 Å². The van der Waals surface area contributed by atoms with E-state index in [1.807, 2.05) is 0 Å². The Morgan fingerprint density at radius 3 is 2.42 bits per heavy atom. The van der Waals surface area contributed by atoms with E-state index < -0.39 is 16.0 Å². The Morgan fingerprint density at radius 2 is 2.17 bits per heavy atom. The van der Waals surface area contributed by atoms with E-state index in [4.69, 9.17) is 10.2 Å². The van der Waals surface area contributed by atoms with Crippen LogP contribution >= 0.6 is 11.3 Å². The molecule has 12 heavy (non-hydrogen) atoms. The van der Waals surface area contributed by atoms with Gasteiger partial charge in [-0.15, -0.1) is 11.3 Å². The van der Waals surface area contributed by atoms with Gasteiger partial charge in [0.25, 0.3) is 0 Å². The van der Waals surface area contributed by atoms with Gasteiger partial charge >= 0.3 is 5.97 Å². The highest BCUT2D eigenvalue weighted by Gasteiger charge is 2.13. The zero-order chi connectivity index (χ0) is 9.35. The van der Waals surface area contributed by atoms with E-state index in [9.17, 15) is 13.2 Å². The molecule has 0 saturated heterocycles. The third kappa shape index (κ3) is 1.81. The number of carboxylic acid groups (broad SMARTS) is 1. The summed E-state index contributed by atoms with van der Waals surface area (Å²) in [6.45, 7) is 0. The van der Waals surface area contributed by atoms with Gasteiger partial charge in [0.1, 0.15) is 4.21 Å². The monoisotopic (exact) mass is 207 g/mol. The molecule has 1 rings (SSSR count). The van der Waals surface area contributed by atoms with Gasteiger partial charge in [0.2, 0.25) is 10.0 Å². The molecule has 1 heterocycles. The highest BCUT2D eigenvalue weighted by molar-refractivity contribution is 7.91. The number of hydrogen-bond acceptors (Lipinski definition) is 4. The van der Waals surface area contributed by atoms with Crippen LogP contribution in [0.15, 0.2) is 15.7 Å². The number of carbonyl (C=O) groups is 1. The Morgan fingerprint density at radius 1 is 1.58 bits per heavy atom. The number of carboxylic acids is 1. The Kier molecular flexibility index (Phi) is 2.18. The number of primary sulfonamides is 1. The average molecular weight is 207 g/mol. The number of thiophene rings is 1. The molecule has 1 aromatic heterocycles. The fourth-order valence-corrected chi connectivity index (χ4v) is 2.16. The van der Waals surface area contributed by atoms with E-state index in [0.717, 1.165) is 17.4 Å². The third-order valence-electron chi connectivity index (χ3n) is 1.10. The SMILES string of the molecule is NS(=O)(=O)c1cc(C(=O)O)cs1. The number of hydrogen-bond donors (Lipinski definition) is 2. The predicted molar refractivity (Wildman–Crippen MR) is 42.7 cm³/mol. The molecule has 0 bridgehead atoms. The quantitative estimate of drug-likeness (QED) is 0.718. The van der Waals surface area contributed by atoms with Gasteiger partial charge in [-0.05, 0) is 6.07 Å². The molecule has 0 amide bonds. The van der Waals surface area contributed by atoms with Crippen molar-refractivity contribution in [2.75, 3.05) is 0 Å². The van der Waals surface area contributed by atoms with Crippen molar-refractivity contribution in [1.82, 2.24) is 0 Å². The summed E-state index contributed by atoms with van der Waals surface area (Å²) in [5.41, 5.74) is -0.0657. The largest absolute Gasteiger partial charge is 0.478 e. The summed E-state index contributed by atoms with van der Waals surface area (Å²) in [5.74, 6) is -1.17. The van der Waals surface area contributed by atoms with Crippen LogP contribution in [0.25, 0.3) is 0 Å². The normalized spacial score (nSPS) is 11.4. The molecular formula is C5H5NO4S2. The fraction of sp³-hybridized carbons (Fsp3) is 0. The van der Waals surface area contributed by atoms with Crippen LogP contribution in [0.4, 0.5) is 0 Å². The Bertz CT molecular complexity index is 405. The topological polar surface area (TPSA) is 97.5 Å². The summed E-state index contributed by atoms with van der Waals surface area (Å²) in [4.78, 5) is 10.3. The summed E-state index contributed by atoms with van der Waals surface area (Å²) in [6.07, 6.45) is 0. The number of nitrogens with two attached hydrogens (primary N) is 1. The first-order valence-corrected chi connectivity index (χ1v) is 5.18. The second-order valence-corrected chi connectivity index (χ2v) is 4.70. The van der Waals surface area contributed by atoms with E-state index in [1.165, 1.54) is 5.38 Å². The lowest BCUT2D eigenvalue weighted by molar-refractivity contribution is 0.0697. The van der Waals surface area contributed by atoms with Crippen molar-refractivity contribution < 1.29 is 18.3 Å². The maximum atomic E-state index is 10.7. The summed E-state index contributed by atoms with van der Waals surface area (Å²) in [7, 11) is -3.76. The standard InChI is InChI=1S/C5H5NO4S2/c6-12(9,10)4-1-3(2-11-4)5(7)8/h1-2H,(H,7,8)(H2,6,9,10). The predicted octanol–water partition coefficient (Wildman–Crippen LogP) is 0.0937. The molecule has 5 nitrogen and oxygen atoms in total. The van der Waals surface area contributed by atoms with Gasteiger partial charge in [-0.3, -0.25) is 0 Å². The van der Waals surface area contributed by atoms with E-state index in [2.05, 4.69) is 0 Å². The van der Waals surface area contributed by atoms with E-state index in [-0.39, 0.29) is 9.77 Å². The summed E-state index contributed by atoms with van der Waals surface area (Å²) in [6, 6.07) is 1.03. The van der Waals surface area contributed by atoms with Crippen LogP contribution in [0.2, 0.25) is 0 Å². The molecule has 0 fully saturated rings. The van der Waals surface area contributed by atoms with Crippen molar-refractivity contribution >= 4 is 27.3 Å². The van der Waals surface area contributed by atoms with Gasteiger partial charge in [0.05, 0.1) is 5.56 Å². The summed E-state index contributed by atoms with van der Waals surface area (Å²) in [5, 5.41) is 14.4. The molecule has 0 aromatic carbocycles. The molecule has 1 aromatic rings. The lowest BCUT2D eigenvalue weighted by Crippen LogP contribution is -2.10.